The number of amides is 1. The number of carbonyl (C=O) groups is 1. The first-order valence-electron chi connectivity index (χ1n) is 9.38. The van der Waals surface area contributed by atoms with Gasteiger partial charge in [-0.1, -0.05) is 12.5 Å². The van der Waals surface area contributed by atoms with Crippen molar-refractivity contribution in [1.82, 2.24) is 10.2 Å². The zero-order valence-electron chi connectivity index (χ0n) is 14.4. The maximum Gasteiger partial charge on any atom is 0.251 e. The zero-order chi connectivity index (χ0) is 16.1. The van der Waals surface area contributed by atoms with Crippen LogP contribution in [0.4, 0.5) is 0 Å². The highest BCUT2D eigenvalue weighted by molar-refractivity contribution is 5.94. The van der Waals surface area contributed by atoms with Crippen LogP contribution < -0.4 is 5.32 Å². The largest absolute Gasteiger partial charge is 0.352 e. The predicted octanol–water partition coefficient (Wildman–Crippen LogP) is 3.56. The molecule has 126 valence electrons. The Labute approximate surface area is 140 Å². The van der Waals surface area contributed by atoms with Crippen molar-refractivity contribution in [3.63, 3.8) is 0 Å². The fraction of sp³-hybridized carbons (Fsp3) is 0.650. The third-order valence-electron chi connectivity index (χ3n) is 5.46. The van der Waals surface area contributed by atoms with Crippen LogP contribution in [-0.4, -0.2) is 36.5 Å². The summed E-state index contributed by atoms with van der Waals surface area (Å²) in [6, 6.07) is 6.96. The maximum atomic E-state index is 12.3. The molecule has 0 saturated carbocycles. The first-order valence-corrected chi connectivity index (χ1v) is 9.38. The summed E-state index contributed by atoms with van der Waals surface area (Å²) in [4.78, 5) is 14.9. The molecule has 1 N–H and O–H groups in total. The van der Waals surface area contributed by atoms with Gasteiger partial charge in [0.25, 0.3) is 5.91 Å². The number of hydrogen-bond acceptors (Lipinski definition) is 2. The van der Waals surface area contributed by atoms with Crippen LogP contribution in [0, 0.1) is 0 Å². The van der Waals surface area contributed by atoms with Gasteiger partial charge in [0.2, 0.25) is 0 Å². The summed E-state index contributed by atoms with van der Waals surface area (Å²) >= 11 is 0. The van der Waals surface area contributed by atoms with Crippen LogP contribution in [0.15, 0.2) is 18.2 Å². The van der Waals surface area contributed by atoms with E-state index in [4.69, 9.17) is 0 Å². The van der Waals surface area contributed by atoms with E-state index in [2.05, 4.69) is 29.3 Å². The lowest BCUT2D eigenvalue weighted by atomic mass is 9.90. The van der Waals surface area contributed by atoms with Crippen molar-refractivity contribution < 1.29 is 4.79 Å². The monoisotopic (exact) mass is 314 g/mol. The maximum absolute atomic E-state index is 12.3. The number of likely N-dealkylation sites (tertiary alicyclic amines) is 1. The first-order chi connectivity index (χ1) is 11.2. The SMILES string of the molecule is C[C@@H]1CCCCN1CCCNC(=O)c1ccc2c(c1)CCCC2. The van der Waals surface area contributed by atoms with Crippen molar-refractivity contribution in [3.05, 3.63) is 34.9 Å². The van der Waals surface area contributed by atoms with Crippen molar-refractivity contribution in [1.29, 1.82) is 0 Å². The number of hydrogen-bond donors (Lipinski definition) is 1. The van der Waals surface area contributed by atoms with E-state index >= 15 is 0 Å². The van der Waals surface area contributed by atoms with Gasteiger partial charge in [0, 0.05) is 24.7 Å². The smallest absolute Gasteiger partial charge is 0.251 e. The lowest BCUT2D eigenvalue weighted by molar-refractivity contribution is 0.0948. The van der Waals surface area contributed by atoms with Gasteiger partial charge in [-0.3, -0.25) is 4.79 Å². The average Bonchev–Trinajstić information content (AvgIpc) is 2.59. The molecule has 1 saturated heterocycles. The quantitative estimate of drug-likeness (QED) is 0.843. The third kappa shape index (κ3) is 4.35. The fourth-order valence-electron chi connectivity index (χ4n) is 3.95. The molecule has 3 nitrogen and oxygen atoms in total. The Hall–Kier alpha value is -1.35. The standard InChI is InChI=1S/C20H30N2O/c1-16-7-4-5-13-22(16)14-6-12-21-20(23)19-11-10-17-8-2-3-9-18(17)15-19/h10-11,15-16H,2-9,12-14H2,1H3,(H,21,23)/t16-/m1/s1. The van der Waals surface area contributed by atoms with Crippen LogP contribution >= 0.6 is 0 Å². The van der Waals surface area contributed by atoms with Crippen LogP contribution in [0.3, 0.4) is 0 Å². The van der Waals surface area contributed by atoms with E-state index in [1.165, 1.54) is 56.2 Å². The van der Waals surface area contributed by atoms with E-state index in [9.17, 15) is 4.79 Å². The summed E-state index contributed by atoms with van der Waals surface area (Å²) in [6.45, 7) is 5.43. The molecule has 1 amide bonds. The van der Waals surface area contributed by atoms with Crippen molar-refractivity contribution in [2.24, 2.45) is 0 Å². The molecule has 1 aliphatic heterocycles. The molecule has 2 aliphatic rings. The molecule has 23 heavy (non-hydrogen) atoms. The highest BCUT2D eigenvalue weighted by atomic mass is 16.1. The minimum Gasteiger partial charge on any atom is -0.352 e. The molecular weight excluding hydrogens is 284 g/mol. The zero-order valence-corrected chi connectivity index (χ0v) is 14.4. The number of piperidine rings is 1. The van der Waals surface area contributed by atoms with E-state index in [1.54, 1.807) is 0 Å². The molecule has 1 fully saturated rings. The molecule has 3 rings (SSSR count). The Morgan fingerprint density at radius 3 is 2.83 bits per heavy atom. The second-order valence-corrected chi connectivity index (χ2v) is 7.18. The minimum atomic E-state index is 0.0880. The Kier molecular flexibility index (Phi) is 5.71. The Bertz CT molecular complexity index is 540. The van der Waals surface area contributed by atoms with Gasteiger partial charge in [0.15, 0.2) is 0 Å². The van der Waals surface area contributed by atoms with Gasteiger partial charge < -0.3 is 10.2 Å². The second-order valence-electron chi connectivity index (χ2n) is 7.18. The molecule has 1 aliphatic carbocycles. The van der Waals surface area contributed by atoms with Crippen LogP contribution in [-0.2, 0) is 12.8 Å². The number of rotatable bonds is 5. The topological polar surface area (TPSA) is 32.3 Å². The van der Waals surface area contributed by atoms with Crippen LogP contribution in [0.1, 0.15) is 66.9 Å². The van der Waals surface area contributed by atoms with E-state index in [0.717, 1.165) is 31.5 Å². The van der Waals surface area contributed by atoms with Gasteiger partial charge in [0.05, 0.1) is 0 Å². The molecule has 1 atom stereocenters. The lowest BCUT2D eigenvalue weighted by Gasteiger charge is -2.33. The Morgan fingerprint density at radius 1 is 1.17 bits per heavy atom. The summed E-state index contributed by atoms with van der Waals surface area (Å²) in [7, 11) is 0. The molecule has 0 spiro atoms. The molecule has 1 aromatic carbocycles. The fourth-order valence-corrected chi connectivity index (χ4v) is 3.95. The third-order valence-corrected chi connectivity index (χ3v) is 5.46. The van der Waals surface area contributed by atoms with Gasteiger partial charge in [-0.05, 0) is 81.7 Å². The number of aryl methyl sites for hydroxylation is 2. The van der Waals surface area contributed by atoms with Gasteiger partial charge in [-0.25, -0.2) is 0 Å². The lowest BCUT2D eigenvalue weighted by Crippen LogP contribution is -2.39. The Balaban J connectivity index is 1.44. The molecule has 1 heterocycles. The van der Waals surface area contributed by atoms with E-state index in [1.807, 2.05) is 6.07 Å². The molecule has 0 aromatic heterocycles. The van der Waals surface area contributed by atoms with E-state index < -0.39 is 0 Å². The summed E-state index contributed by atoms with van der Waals surface area (Å²) in [5.41, 5.74) is 3.65. The van der Waals surface area contributed by atoms with Gasteiger partial charge in [0.1, 0.15) is 0 Å². The van der Waals surface area contributed by atoms with Crippen LogP contribution in [0.2, 0.25) is 0 Å². The summed E-state index contributed by atoms with van der Waals surface area (Å²) in [5, 5.41) is 3.09. The minimum absolute atomic E-state index is 0.0880. The molecular formula is C20H30N2O. The summed E-state index contributed by atoms with van der Waals surface area (Å²) in [5.74, 6) is 0.0880. The van der Waals surface area contributed by atoms with Crippen LogP contribution in [0.25, 0.3) is 0 Å². The van der Waals surface area contributed by atoms with E-state index in [-0.39, 0.29) is 5.91 Å². The van der Waals surface area contributed by atoms with E-state index in [0.29, 0.717) is 6.04 Å². The Morgan fingerprint density at radius 2 is 2.00 bits per heavy atom. The first kappa shape index (κ1) is 16.5. The van der Waals surface area contributed by atoms with Crippen LogP contribution in [0.5, 0.6) is 0 Å². The number of carbonyl (C=O) groups excluding carboxylic acids is 1. The van der Waals surface area contributed by atoms with Gasteiger partial charge >= 0.3 is 0 Å². The highest BCUT2D eigenvalue weighted by Crippen LogP contribution is 2.22. The molecule has 0 radical (unpaired) electrons. The molecule has 1 aromatic rings. The van der Waals surface area contributed by atoms with Gasteiger partial charge in [-0.2, -0.15) is 0 Å². The second kappa shape index (κ2) is 7.96. The molecule has 0 unspecified atom stereocenters. The van der Waals surface area contributed by atoms with Gasteiger partial charge in [-0.15, -0.1) is 0 Å². The van der Waals surface area contributed by atoms with Crippen molar-refractivity contribution >= 4 is 5.91 Å². The normalized spacial score (nSPS) is 21.7. The summed E-state index contributed by atoms with van der Waals surface area (Å²) in [6.07, 6.45) is 9.90. The number of nitrogens with one attached hydrogen (secondary N) is 1. The van der Waals surface area contributed by atoms with Crippen molar-refractivity contribution in [2.75, 3.05) is 19.6 Å². The molecule has 3 heteroatoms. The number of nitrogens with zero attached hydrogens (tertiary/aromatic N) is 1. The van der Waals surface area contributed by atoms with Crippen molar-refractivity contribution in [2.45, 2.75) is 64.3 Å². The average molecular weight is 314 g/mol. The molecule has 0 bridgehead atoms. The summed E-state index contributed by atoms with van der Waals surface area (Å²) < 4.78 is 0. The number of benzene rings is 1. The van der Waals surface area contributed by atoms with Crippen molar-refractivity contribution in [3.8, 4) is 0 Å². The predicted molar refractivity (Wildman–Crippen MR) is 94.9 cm³/mol. The number of fused-ring (bicyclic) bond motifs is 1. The highest BCUT2D eigenvalue weighted by Gasteiger charge is 2.17.